The Kier molecular flexibility index (Phi) is 5.47. The molecule has 2 saturated heterocycles. The Bertz CT molecular complexity index is 530. The van der Waals surface area contributed by atoms with Crippen molar-refractivity contribution in [3.63, 3.8) is 0 Å². The van der Waals surface area contributed by atoms with Crippen LogP contribution in [0.1, 0.15) is 63.0 Å². The van der Waals surface area contributed by atoms with Crippen LogP contribution in [0, 0.1) is 17.8 Å². The Morgan fingerprint density at radius 2 is 1.48 bits per heavy atom. The van der Waals surface area contributed by atoms with Crippen LogP contribution in [0.25, 0.3) is 0 Å². The highest BCUT2D eigenvalue weighted by molar-refractivity contribution is 5.27. The van der Waals surface area contributed by atoms with Crippen molar-refractivity contribution in [1.29, 1.82) is 0 Å². The summed E-state index contributed by atoms with van der Waals surface area (Å²) in [5.74, 6) is 3.54. The summed E-state index contributed by atoms with van der Waals surface area (Å²) in [6.07, 6.45) is 7.01. The van der Waals surface area contributed by atoms with Crippen LogP contribution < -0.4 is 0 Å². The number of nitrogens with zero attached hydrogens (tertiary/aromatic N) is 2. The average Bonchev–Trinajstić information content (AvgIpc) is 3.04. The monoisotopic (exact) mass is 340 g/mol. The topological polar surface area (TPSA) is 6.48 Å². The molecule has 1 aromatic carbocycles. The molecule has 1 aliphatic carbocycles. The van der Waals surface area contributed by atoms with Gasteiger partial charge in [-0.05, 0) is 80.0 Å². The Morgan fingerprint density at radius 3 is 2.12 bits per heavy atom. The number of hydrogen-bond acceptors (Lipinski definition) is 2. The Hall–Kier alpha value is -0.860. The van der Waals surface area contributed by atoms with Crippen LogP contribution in [-0.4, -0.2) is 42.5 Å². The highest BCUT2D eigenvalue weighted by Crippen LogP contribution is 2.42. The minimum atomic E-state index is 0.825. The van der Waals surface area contributed by atoms with Gasteiger partial charge in [-0.1, -0.05) is 38.1 Å². The molecule has 2 heterocycles. The van der Waals surface area contributed by atoms with E-state index < -0.39 is 0 Å². The van der Waals surface area contributed by atoms with Crippen LogP contribution in [-0.2, 0) is 6.54 Å². The molecule has 0 aromatic heterocycles. The average molecular weight is 341 g/mol. The summed E-state index contributed by atoms with van der Waals surface area (Å²) in [4.78, 5) is 5.34. The van der Waals surface area contributed by atoms with Gasteiger partial charge in [-0.2, -0.15) is 0 Å². The maximum atomic E-state index is 2.75. The molecular formula is C23H36N2. The number of benzene rings is 1. The first kappa shape index (κ1) is 17.5. The molecule has 3 aliphatic rings. The summed E-state index contributed by atoms with van der Waals surface area (Å²) in [5.41, 5.74) is 3.08. The molecule has 0 N–H and O–H groups in total. The van der Waals surface area contributed by atoms with E-state index in [1.54, 1.807) is 5.56 Å². The number of likely N-dealkylation sites (tertiary alicyclic amines) is 2. The predicted octanol–water partition coefficient (Wildman–Crippen LogP) is 4.75. The second kappa shape index (κ2) is 7.80. The van der Waals surface area contributed by atoms with Gasteiger partial charge >= 0.3 is 0 Å². The summed E-state index contributed by atoms with van der Waals surface area (Å²) < 4.78 is 0. The maximum absolute atomic E-state index is 2.75. The van der Waals surface area contributed by atoms with E-state index in [9.17, 15) is 0 Å². The van der Waals surface area contributed by atoms with Crippen LogP contribution in [0.4, 0.5) is 0 Å². The fourth-order valence-electron chi connectivity index (χ4n) is 5.56. The van der Waals surface area contributed by atoms with Crippen molar-refractivity contribution in [3.05, 3.63) is 35.4 Å². The molecule has 0 bridgehead atoms. The van der Waals surface area contributed by atoms with Gasteiger partial charge in [-0.25, -0.2) is 0 Å². The van der Waals surface area contributed by atoms with Crippen molar-refractivity contribution in [2.45, 2.75) is 58.4 Å². The van der Waals surface area contributed by atoms with Crippen molar-refractivity contribution >= 4 is 0 Å². The number of rotatable bonds is 5. The van der Waals surface area contributed by atoms with Crippen molar-refractivity contribution < 1.29 is 0 Å². The minimum absolute atomic E-state index is 0.825. The lowest BCUT2D eigenvalue weighted by Crippen LogP contribution is -2.43. The van der Waals surface area contributed by atoms with Gasteiger partial charge in [0.2, 0.25) is 0 Å². The van der Waals surface area contributed by atoms with Gasteiger partial charge in [0.1, 0.15) is 0 Å². The van der Waals surface area contributed by atoms with Crippen molar-refractivity contribution in [2.75, 3.05) is 32.7 Å². The molecule has 1 aromatic rings. The summed E-state index contributed by atoms with van der Waals surface area (Å²) in [5, 5.41) is 0. The third kappa shape index (κ3) is 4.46. The summed E-state index contributed by atoms with van der Waals surface area (Å²) in [6, 6.07) is 9.60. The summed E-state index contributed by atoms with van der Waals surface area (Å²) in [6.45, 7) is 12.6. The van der Waals surface area contributed by atoms with E-state index in [4.69, 9.17) is 0 Å². The third-order valence-corrected chi connectivity index (χ3v) is 6.75. The van der Waals surface area contributed by atoms with Gasteiger partial charge in [-0.15, -0.1) is 0 Å². The normalized spacial score (nSPS) is 34.2. The zero-order valence-corrected chi connectivity index (χ0v) is 16.3. The van der Waals surface area contributed by atoms with Crippen molar-refractivity contribution in [3.8, 4) is 0 Å². The maximum Gasteiger partial charge on any atom is 0.0233 e. The third-order valence-electron chi connectivity index (χ3n) is 6.75. The highest BCUT2D eigenvalue weighted by Gasteiger charge is 2.33. The van der Waals surface area contributed by atoms with Gasteiger partial charge in [0.05, 0.1) is 0 Å². The number of hydrogen-bond donors (Lipinski definition) is 0. The lowest BCUT2D eigenvalue weighted by atomic mass is 9.71. The molecule has 3 fully saturated rings. The standard InChI is InChI=1S/C23H36N2/c1-18-11-19(2)15-25(14-18)17-21-12-23(13-21)22-7-5-20(6-8-22)16-24-9-3-4-10-24/h5-8,18-19,21,23H,3-4,9-17H2,1-2H3/t18?,19?,21-,23-. The molecule has 138 valence electrons. The smallest absolute Gasteiger partial charge is 0.0233 e. The van der Waals surface area contributed by atoms with E-state index in [0.29, 0.717) is 0 Å². The fraction of sp³-hybridized carbons (Fsp3) is 0.739. The molecule has 4 rings (SSSR count). The number of piperidine rings is 1. The first-order valence-corrected chi connectivity index (χ1v) is 10.7. The molecule has 2 heteroatoms. The van der Waals surface area contributed by atoms with E-state index in [0.717, 1.165) is 30.2 Å². The Morgan fingerprint density at radius 1 is 0.840 bits per heavy atom. The zero-order valence-electron chi connectivity index (χ0n) is 16.3. The fourth-order valence-corrected chi connectivity index (χ4v) is 5.56. The van der Waals surface area contributed by atoms with E-state index in [-0.39, 0.29) is 0 Å². The molecule has 2 aliphatic heterocycles. The van der Waals surface area contributed by atoms with Crippen LogP contribution >= 0.6 is 0 Å². The highest BCUT2D eigenvalue weighted by atomic mass is 15.1. The molecule has 0 radical (unpaired) electrons. The first-order chi connectivity index (χ1) is 12.2. The van der Waals surface area contributed by atoms with E-state index >= 15 is 0 Å². The van der Waals surface area contributed by atoms with Crippen LogP contribution in [0.3, 0.4) is 0 Å². The molecular weight excluding hydrogens is 304 g/mol. The van der Waals surface area contributed by atoms with Crippen molar-refractivity contribution in [1.82, 2.24) is 9.80 Å². The van der Waals surface area contributed by atoms with Gasteiger partial charge in [0.15, 0.2) is 0 Å². The van der Waals surface area contributed by atoms with Crippen LogP contribution in [0.5, 0.6) is 0 Å². The van der Waals surface area contributed by atoms with Gasteiger partial charge < -0.3 is 4.90 Å². The van der Waals surface area contributed by atoms with Gasteiger partial charge in [-0.3, -0.25) is 4.90 Å². The summed E-state index contributed by atoms with van der Waals surface area (Å²) in [7, 11) is 0. The molecule has 2 atom stereocenters. The van der Waals surface area contributed by atoms with Crippen molar-refractivity contribution in [2.24, 2.45) is 17.8 Å². The molecule has 0 spiro atoms. The predicted molar refractivity (Wildman–Crippen MR) is 106 cm³/mol. The molecule has 1 saturated carbocycles. The SMILES string of the molecule is CC1CC(C)CN(C[C@H]2C[C@H](c3ccc(CN4CCCC4)cc3)C2)C1. The van der Waals surface area contributed by atoms with Crippen LogP contribution in [0.2, 0.25) is 0 Å². The van der Waals surface area contributed by atoms with E-state index in [2.05, 4.69) is 47.9 Å². The Labute approximate surface area is 154 Å². The zero-order chi connectivity index (χ0) is 17.2. The lowest BCUT2D eigenvalue weighted by Gasteiger charge is -2.42. The second-order valence-electron chi connectivity index (χ2n) is 9.42. The van der Waals surface area contributed by atoms with Gasteiger partial charge in [0.25, 0.3) is 0 Å². The minimum Gasteiger partial charge on any atom is -0.303 e. The van der Waals surface area contributed by atoms with E-state index in [1.165, 1.54) is 70.4 Å². The molecule has 2 nitrogen and oxygen atoms in total. The van der Waals surface area contributed by atoms with Gasteiger partial charge in [0, 0.05) is 26.2 Å². The molecule has 2 unspecified atom stereocenters. The largest absolute Gasteiger partial charge is 0.303 e. The second-order valence-corrected chi connectivity index (χ2v) is 9.42. The lowest BCUT2D eigenvalue weighted by molar-refractivity contribution is 0.0930. The first-order valence-electron chi connectivity index (χ1n) is 10.7. The quantitative estimate of drug-likeness (QED) is 0.763. The Balaban J connectivity index is 1.23. The van der Waals surface area contributed by atoms with E-state index in [1.807, 2.05) is 0 Å². The molecule has 25 heavy (non-hydrogen) atoms. The van der Waals surface area contributed by atoms with Crippen LogP contribution in [0.15, 0.2) is 24.3 Å². The molecule has 0 amide bonds. The summed E-state index contributed by atoms with van der Waals surface area (Å²) >= 11 is 0.